The molecular weight excluding hydrogens is 388 g/mol. The molecule has 0 radical (unpaired) electrons. The zero-order valence-corrected chi connectivity index (χ0v) is 18.2. The molecule has 3 atom stereocenters. The third-order valence-corrected chi connectivity index (χ3v) is 5.48. The molecule has 30 heavy (non-hydrogen) atoms. The third kappa shape index (κ3) is 6.78. The number of ketones is 2. The Morgan fingerprint density at radius 1 is 1.30 bits per heavy atom. The van der Waals surface area contributed by atoms with Crippen LogP contribution in [0.1, 0.15) is 75.0 Å². The molecule has 2 rings (SSSR count). The average molecular weight is 421 g/mol. The van der Waals surface area contributed by atoms with E-state index in [-0.39, 0.29) is 41.9 Å². The highest BCUT2D eigenvalue weighted by Gasteiger charge is 2.33. The molecule has 0 bridgehead atoms. The summed E-state index contributed by atoms with van der Waals surface area (Å²) in [4.78, 5) is 50.0. The normalized spacial score (nSPS) is 18.7. The number of hydrogen-bond acceptors (Lipinski definition) is 7. The van der Waals surface area contributed by atoms with Gasteiger partial charge in [0.15, 0.2) is 5.78 Å². The molecule has 0 aromatic carbocycles. The molecule has 1 aromatic rings. The number of nitrogens with zero attached hydrogens (tertiary/aromatic N) is 1. The van der Waals surface area contributed by atoms with E-state index >= 15 is 0 Å². The topological polar surface area (TPSA) is 116 Å². The lowest BCUT2D eigenvalue weighted by atomic mass is 9.83. The van der Waals surface area contributed by atoms with Crippen LogP contribution in [-0.2, 0) is 19.1 Å². The number of Topliss-reactive ketones (excluding diaryl/α,β-unsaturated/α-hetero) is 2. The molecule has 0 aliphatic heterocycles. The zero-order chi connectivity index (χ0) is 22.3. The molecule has 1 N–H and O–H groups in total. The molecular formula is C22H32N2O6. The maximum atomic E-state index is 13.0. The summed E-state index contributed by atoms with van der Waals surface area (Å²) in [6.07, 6.45) is 3.68. The number of carbonyl (C=O) groups is 4. The van der Waals surface area contributed by atoms with Gasteiger partial charge in [-0.2, -0.15) is 0 Å². The van der Waals surface area contributed by atoms with Crippen LogP contribution in [0.25, 0.3) is 0 Å². The first-order valence-electron chi connectivity index (χ1n) is 10.6. The number of aromatic nitrogens is 1. The van der Waals surface area contributed by atoms with Gasteiger partial charge in [0.25, 0.3) is 0 Å². The van der Waals surface area contributed by atoms with Gasteiger partial charge in [-0.1, -0.05) is 25.4 Å². The highest BCUT2D eigenvalue weighted by molar-refractivity contribution is 5.97. The molecule has 8 heteroatoms. The van der Waals surface area contributed by atoms with Crippen LogP contribution in [0, 0.1) is 24.7 Å². The van der Waals surface area contributed by atoms with Crippen LogP contribution in [0.3, 0.4) is 0 Å². The highest BCUT2D eigenvalue weighted by atomic mass is 16.5. The predicted octanol–water partition coefficient (Wildman–Crippen LogP) is 3.03. The van der Waals surface area contributed by atoms with Gasteiger partial charge in [-0.25, -0.2) is 4.79 Å². The van der Waals surface area contributed by atoms with E-state index in [2.05, 4.69) is 10.5 Å². The van der Waals surface area contributed by atoms with E-state index in [9.17, 15) is 19.2 Å². The van der Waals surface area contributed by atoms with Crippen molar-refractivity contribution < 1.29 is 28.4 Å². The molecule has 0 spiro atoms. The summed E-state index contributed by atoms with van der Waals surface area (Å²) in [5, 5.41) is 6.47. The van der Waals surface area contributed by atoms with Crippen LogP contribution in [0.5, 0.6) is 0 Å². The Morgan fingerprint density at radius 3 is 2.60 bits per heavy atom. The Balaban J connectivity index is 2.10. The number of hydrogen-bond donors (Lipinski definition) is 1. The first kappa shape index (κ1) is 23.8. The van der Waals surface area contributed by atoms with Gasteiger partial charge in [0.2, 0.25) is 5.91 Å². The number of amides is 1. The van der Waals surface area contributed by atoms with Crippen LogP contribution >= 0.6 is 0 Å². The number of nitrogens with one attached hydrogen (secondary N) is 1. The van der Waals surface area contributed by atoms with Crippen molar-refractivity contribution in [2.24, 2.45) is 17.8 Å². The molecule has 1 fully saturated rings. The SMILES string of the molecule is COC(=O)[C@H](C[C@@H]1CCCCC1=O)NC(=O)[C@@H](CC(=O)c1cc(C)on1)CC(C)C. The van der Waals surface area contributed by atoms with E-state index < -0.39 is 23.8 Å². The predicted molar refractivity (Wildman–Crippen MR) is 109 cm³/mol. The van der Waals surface area contributed by atoms with Gasteiger partial charge >= 0.3 is 5.97 Å². The average Bonchev–Trinajstić information content (AvgIpc) is 3.14. The lowest BCUT2D eigenvalue weighted by molar-refractivity contribution is -0.146. The van der Waals surface area contributed by atoms with Gasteiger partial charge in [-0.15, -0.1) is 0 Å². The van der Waals surface area contributed by atoms with E-state index in [4.69, 9.17) is 9.26 Å². The molecule has 1 aliphatic rings. The van der Waals surface area contributed by atoms with Gasteiger partial charge in [-0.05, 0) is 38.5 Å². The number of esters is 1. The van der Waals surface area contributed by atoms with Gasteiger partial charge in [0, 0.05) is 30.7 Å². The summed E-state index contributed by atoms with van der Waals surface area (Å²) in [5.41, 5.74) is 0.186. The minimum Gasteiger partial charge on any atom is -0.467 e. The van der Waals surface area contributed by atoms with E-state index in [0.717, 1.165) is 12.8 Å². The van der Waals surface area contributed by atoms with E-state index in [1.807, 2.05) is 13.8 Å². The Labute approximate surface area is 177 Å². The molecule has 1 saturated carbocycles. The molecule has 1 aromatic heterocycles. The lowest BCUT2D eigenvalue weighted by Crippen LogP contribution is -2.46. The number of ether oxygens (including phenoxy) is 1. The van der Waals surface area contributed by atoms with E-state index in [1.165, 1.54) is 7.11 Å². The standard InChI is InChI=1S/C22H32N2O6/c1-13(2)9-16(12-20(26)17-10-14(3)30-24-17)21(27)23-18(22(28)29-4)11-15-7-5-6-8-19(15)25/h10,13,15-16,18H,5-9,11-12H2,1-4H3,(H,23,27)/t15-,16+,18-/m0/s1. The van der Waals surface area contributed by atoms with E-state index in [0.29, 0.717) is 25.0 Å². The second-order valence-electron chi connectivity index (χ2n) is 8.51. The number of carbonyl (C=O) groups excluding carboxylic acids is 4. The molecule has 1 heterocycles. The van der Waals surface area contributed by atoms with Crippen molar-refractivity contribution >= 4 is 23.4 Å². The highest BCUT2D eigenvalue weighted by Crippen LogP contribution is 2.26. The van der Waals surface area contributed by atoms with Gasteiger partial charge < -0.3 is 14.6 Å². The monoisotopic (exact) mass is 420 g/mol. The maximum Gasteiger partial charge on any atom is 0.328 e. The Hall–Kier alpha value is -2.51. The second kappa shape index (κ2) is 11.0. The van der Waals surface area contributed by atoms with Crippen molar-refractivity contribution in [3.05, 3.63) is 17.5 Å². The van der Waals surface area contributed by atoms with Crippen molar-refractivity contribution in [2.45, 2.75) is 71.8 Å². The van der Waals surface area contributed by atoms with Crippen LogP contribution < -0.4 is 5.32 Å². The number of methoxy groups -OCH3 is 1. The number of aryl methyl sites for hydroxylation is 1. The largest absolute Gasteiger partial charge is 0.467 e. The quantitative estimate of drug-likeness (QED) is 0.457. The zero-order valence-electron chi connectivity index (χ0n) is 18.2. The summed E-state index contributed by atoms with van der Waals surface area (Å²) in [5.74, 6) is -1.32. The van der Waals surface area contributed by atoms with Crippen molar-refractivity contribution in [2.75, 3.05) is 7.11 Å². The fraction of sp³-hybridized carbons (Fsp3) is 0.682. The summed E-state index contributed by atoms with van der Waals surface area (Å²) in [6, 6.07) is 0.632. The van der Waals surface area contributed by atoms with Gasteiger partial charge in [0.1, 0.15) is 23.3 Å². The van der Waals surface area contributed by atoms with Crippen LogP contribution in [-0.4, -0.2) is 41.8 Å². The molecule has 0 saturated heterocycles. The van der Waals surface area contributed by atoms with Crippen molar-refractivity contribution in [3.63, 3.8) is 0 Å². The smallest absolute Gasteiger partial charge is 0.328 e. The van der Waals surface area contributed by atoms with Crippen molar-refractivity contribution in [1.29, 1.82) is 0 Å². The summed E-state index contributed by atoms with van der Waals surface area (Å²) >= 11 is 0. The van der Waals surface area contributed by atoms with Crippen LogP contribution in [0.2, 0.25) is 0 Å². The Kier molecular flexibility index (Phi) is 8.74. The molecule has 1 amide bonds. The number of rotatable bonds is 10. The second-order valence-corrected chi connectivity index (χ2v) is 8.51. The maximum absolute atomic E-state index is 13.0. The Bertz CT molecular complexity index is 769. The van der Waals surface area contributed by atoms with Crippen molar-refractivity contribution in [3.8, 4) is 0 Å². The molecule has 8 nitrogen and oxygen atoms in total. The first-order chi connectivity index (χ1) is 14.2. The lowest BCUT2D eigenvalue weighted by Gasteiger charge is -2.26. The fourth-order valence-corrected chi connectivity index (χ4v) is 3.91. The summed E-state index contributed by atoms with van der Waals surface area (Å²) in [7, 11) is 1.26. The molecule has 1 aliphatic carbocycles. The minimum atomic E-state index is -0.909. The molecule has 0 unspecified atom stereocenters. The minimum absolute atomic E-state index is 0.0355. The van der Waals surface area contributed by atoms with Gasteiger partial charge in [-0.3, -0.25) is 14.4 Å². The summed E-state index contributed by atoms with van der Waals surface area (Å²) in [6.45, 7) is 5.61. The van der Waals surface area contributed by atoms with Crippen LogP contribution in [0.4, 0.5) is 0 Å². The van der Waals surface area contributed by atoms with Gasteiger partial charge in [0.05, 0.1) is 7.11 Å². The van der Waals surface area contributed by atoms with E-state index in [1.54, 1.807) is 13.0 Å². The van der Waals surface area contributed by atoms with Crippen molar-refractivity contribution in [1.82, 2.24) is 10.5 Å². The Morgan fingerprint density at radius 2 is 2.03 bits per heavy atom. The third-order valence-electron chi connectivity index (χ3n) is 5.48. The van der Waals surface area contributed by atoms with Crippen LogP contribution in [0.15, 0.2) is 10.6 Å². The first-order valence-corrected chi connectivity index (χ1v) is 10.6. The summed E-state index contributed by atoms with van der Waals surface area (Å²) < 4.78 is 9.80. The molecule has 166 valence electrons. The fourth-order valence-electron chi connectivity index (χ4n) is 3.91.